The van der Waals surface area contributed by atoms with Gasteiger partial charge >= 0.3 is 0 Å². The smallest absolute Gasteiger partial charge is 0.258 e. The molecule has 0 aliphatic rings. The van der Waals surface area contributed by atoms with Gasteiger partial charge in [0, 0.05) is 17.4 Å². The van der Waals surface area contributed by atoms with E-state index in [0.717, 1.165) is 5.69 Å². The lowest BCUT2D eigenvalue weighted by molar-refractivity contribution is 0.102. The van der Waals surface area contributed by atoms with Gasteiger partial charge in [-0.3, -0.25) is 4.79 Å². The van der Waals surface area contributed by atoms with Crippen molar-refractivity contribution in [1.82, 2.24) is 5.32 Å². The third-order valence-electron chi connectivity index (χ3n) is 2.94. The lowest BCUT2D eigenvalue weighted by atomic mass is 10.2. The summed E-state index contributed by atoms with van der Waals surface area (Å²) in [6, 6.07) is 13.1. The molecular formula is C17H18FN3OS. The average Bonchev–Trinajstić information content (AvgIpc) is 2.48. The minimum absolute atomic E-state index is 0.0111. The Kier molecular flexibility index (Phi) is 5.65. The third kappa shape index (κ3) is 5.03. The fourth-order valence-corrected chi connectivity index (χ4v) is 2.26. The van der Waals surface area contributed by atoms with E-state index in [0.29, 0.717) is 10.8 Å². The van der Waals surface area contributed by atoms with E-state index in [2.05, 4.69) is 16.0 Å². The maximum Gasteiger partial charge on any atom is 0.258 e. The van der Waals surface area contributed by atoms with Crippen LogP contribution in [0, 0.1) is 5.82 Å². The molecule has 0 spiro atoms. The van der Waals surface area contributed by atoms with Crippen molar-refractivity contribution in [3.8, 4) is 0 Å². The second-order valence-corrected chi connectivity index (χ2v) is 5.67. The molecule has 0 heterocycles. The van der Waals surface area contributed by atoms with E-state index < -0.39 is 11.7 Å². The molecule has 4 nitrogen and oxygen atoms in total. The van der Waals surface area contributed by atoms with Crippen LogP contribution in [0.5, 0.6) is 0 Å². The largest absolute Gasteiger partial charge is 0.360 e. The predicted octanol–water partition coefficient (Wildman–Crippen LogP) is 3.77. The van der Waals surface area contributed by atoms with Crippen molar-refractivity contribution in [2.75, 3.05) is 10.6 Å². The summed E-state index contributed by atoms with van der Waals surface area (Å²) in [4.78, 5) is 12.0. The predicted molar refractivity (Wildman–Crippen MR) is 95.3 cm³/mol. The highest BCUT2D eigenvalue weighted by Crippen LogP contribution is 2.15. The van der Waals surface area contributed by atoms with Crippen LogP contribution < -0.4 is 16.0 Å². The van der Waals surface area contributed by atoms with Gasteiger partial charge < -0.3 is 16.0 Å². The molecule has 0 aliphatic heterocycles. The number of rotatable bonds is 4. The molecule has 0 aromatic heterocycles. The van der Waals surface area contributed by atoms with Gasteiger partial charge in [-0.15, -0.1) is 0 Å². The van der Waals surface area contributed by atoms with E-state index in [1.807, 2.05) is 13.8 Å². The van der Waals surface area contributed by atoms with Crippen molar-refractivity contribution < 1.29 is 9.18 Å². The summed E-state index contributed by atoms with van der Waals surface area (Å²) in [6.45, 7) is 3.99. The first kappa shape index (κ1) is 16.9. The maximum atomic E-state index is 13.6. The number of amides is 1. The molecule has 0 saturated carbocycles. The maximum absolute atomic E-state index is 13.6. The number of carbonyl (C=O) groups is 1. The lowest BCUT2D eigenvalue weighted by Crippen LogP contribution is -2.33. The summed E-state index contributed by atoms with van der Waals surface area (Å²) in [5.41, 5.74) is 1.38. The molecule has 23 heavy (non-hydrogen) atoms. The quantitative estimate of drug-likeness (QED) is 0.747. The standard InChI is InChI=1S/C17H18FN3OS/c1-11(2)19-17(23)21-13-9-7-12(8-10-13)20-16(22)14-5-3-4-6-15(14)18/h3-11H,1-2H3,(H,20,22)(H2,19,21,23). The Morgan fingerprint density at radius 3 is 2.13 bits per heavy atom. The third-order valence-corrected chi connectivity index (χ3v) is 3.16. The number of carbonyl (C=O) groups excluding carboxylic acids is 1. The topological polar surface area (TPSA) is 53.2 Å². The summed E-state index contributed by atoms with van der Waals surface area (Å²) in [7, 11) is 0. The number of nitrogens with one attached hydrogen (secondary N) is 3. The Morgan fingerprint density at radius 1 is 1.00 bits per heavy atom. The zero-order valence-corrected chi connectivity index (χ0v) is 13.7. The number of anilines is 2. The first-order valence-corrected chi connectivity index (χ1v) is 7.60. The minimum atomic E-state index is -0.548. The number of hydrogen-bond acceptors (Lipinski definition) is 2. The summed E-state index contributed by atoms with van der Waals surface area (Å²) in [5, 5.41) is 9.30. The van der Waals surface area contributed by atoms with E-state index >= 15 is 0 Å². The van der Waals surface area contributed by atoms with Crippen molar-refractivity contribution in [2.24, 2.45) is 0 Å². The van der Waals surface area contributed by atoms with Crippen LogP contribution in [-0.2, 0) is 0 Å². The van der Waals surface area contributed by atoms with Crippen LogP contribution in [0.4, 0.5) is 15.8 Å². The van der Waals surface area contributed by atoms with Gasteiger partial charge in [-0.2, -0.15) is 0 Å². The molecule has 2 rings (SSSR count). The Hall–Kier alpha value is -2.47. The van der Waals surface area contributed by atoms with Crippen LogP contribution >= 0.6 is 12.2 Å². The molecule has 0 atom stereocenters. The van der Waals surface area contributed by atoms with Crippen LogP contribution in [0.3, 0.4) is 0 Å². The second kappa shape index (κ2) is 7.69. The molecule has 2 aromatic carbocycles. The first-order chi connectivity index (χ1) is 11.0. The minimum Gasteiger partial charge on any atom is -0.360 e. The lowest BCUT2D eigenvalue weighted by Gasteiger charge is -2.13. The van der Waals surface area contributed by atoms with Gasteiger partial charge in [0.2, 0.25) is 0 Å². The molecule has 0 radical (unpaired) electrons. The van der Waals surface area contributed by atoms with Crippen molar-refractivity contribution in [3.63, 3.8) is 0 Å². The highest BCUT2D eigenvalue weighted by molar-refractivity contribution is 7.80. The molecule has 0 unspecified atom stereocenters. The monoisotopic (exact) mass is 331 g/mol. The van der Waals surface area contributed by atoms with E-state index in [9.17, 15) is 9.18 Å². The molecule has 0 bridgehead atoms. The molecule has 2 aromatic rings. The Labute approximate surface area is 140 Å². The summed E-state index contributed by atoms with van der Waals surface area (Å²) in [5.74, 6) is -1.03. The van der Waals surface area contributed by atoms with Gasteiger partial charge in [0.15, 0.2) is 5.11 Å². The average molecular weight is 331 g/mol. The zero-order chi connectivity index (χ0) is 16.8. The Morgan fingerprint density at radius 2 is 1.57 bits per heavy atom. The summed E-state index contributed by atoms with van der Waals surface area (Å²) >= 11 is 5.16. The van der Waals surface area contributed by atoms with Crippen LogP contribution in [0.2, 0.25) is 0 Å². The normalized spacial score (nSPS) is 10.3. The van der Waals surface area contributed by atoms with Crippen molar-refractivity contribution in [1.29, 1.82) is 0 Å². The van der Waals surface area contributed by atoms with E-state index in [1.165, 1.54) is 12.1 Å². The van der Waals surface area contributed by atoms with Crippen LogP contribution in [-0.4, -0.2) is 17.1 Å². The SMILES string of the molecule is CC(C)NC(=S)Nc1ccc(NC(=O)c2ccccc2F)cc1. The molecule has 0 fully saturated rings. The fourth-order valence-electron chi connectivity index (χ4n) is 1.91. The van der Waals surface area contributed by atoms with Crippen LogP contribution in [0.15, 0.2) is 48.5 Å². The molecule has 3 N–H and O–H groups in total. The van der Waals surface area contributed by atoms with Gasteiger partial charge in [0.1, 0.15) is 5.82 Å². The number of thiocarbonyl (C=S) groups is 1. The highest BCUT2D eigenvalue weighted by Gasteiger charge is 2.10. The number of hydrogen-bond donors (Lipinski definition) is 3. The highest BCUT2D eigenvalue weighted by atomic mass is 32.1. The Balaban J connectivity index is 1.99. The zero-order valence-electron chi connectivity index (χ0n) is 12.9. The summed E-state index contributed by atoms with van der Waals surface area (Å²) < 4.78 is 13.6. The number of halogens is 1. The van der Waals surface area contributed by atoms with Gasteiger partial charge in [-0.1, -0.05) is 12.1 Å². The van der Waals surface area contributed by atoms with Crippen molar-refractivity contribution in [3.05, 3.63) is 59.9 Å². The molecule has 1 amide bonds. The summed E-state index contributed by atoms with van der Waals surface area (Å²) in [6.07, 6.45) is 0. The fraction of sp³-hybridized carbons (Fsp3) is 0.176. The van der Waals surface area contributed by atoms with Gasteiger partial charge in [0.05, 0.1) is 5.56 Å². The Bertz CT molecular complexity index is 701. The molecular weight excluding hydrogens is 313 g/mol. The second-order valence-electron chi connectivity index (χ2n) is 5.26. The van der Waals surface area contributed by atoms with Gasteiger partial charge in [0.25, 0.3) is 5.91 Å². The van der Waals surface area contributed by atoms with Crippen LogP contribution in [0.1, 0.15) is 24.2 Å². The number of benzene rings is 2. The van der Waals surface area contributed by atoms with Crippen molar-refractivity contribution >= 4 is 34.6 Å². The molecule has 6 heteroatoms. The molecule has 0 aliphatic carbocycles. The van der Waals surface area contributed by atoms with E-state index in [1.54, 1.807) is 36.4 Å². The van der Waals surface area contributed by atoms with E-state index in [-0.39, 0.29) is 11.6 Å². The van der Waals surface area contributed by atoms with Crippen LogP contribution in [0.25, 0.3) is 0 Å². The first-order valence-electron chi connectivity index (χ1n) is 7.19. The molecule has 120 valence electrons. The van der Waals surface area contributed by atoms with Gasteiger partial charge in [-0.25, -0.2) is 4.39 Å². The van der Waals surface area contributed by atoms with Gasteiger partial charge in [-0.05, 0) is 62.5 Å². The molecule has 0 saturated heterocycles. The van der Waals surface area contributed by atoms with Crippen molar-refractivity contribution in [2.45, 2.75) is 19.9 Å². The van der Waals surface area contributed by atoms with E-state index in [4.69, 9.17) is 12.2 Å².